The largest absolute Gasteiger partial charge is 0.492 e. The van der Waals surface area contributed by atoms with E-state index in [1.165, 1.54) is 12.1 Å². The van der Waals surface area contributed by atoms with Gasteiger partial charge in [-0.05, 0) is 50.9 Å². The highest BCUT2D eigenvalue weighted by molar-refractivity contribution is 6.30. The molecule has 128 valence electrons. The van der Waals surface area contributed by atoms with E-state index in [2.05, 4.69) is 17.1 Å². The quantitative estimate of drug-likeness (QED) is 0.863. The van der Waals surface area contributed by atoms with Gasteiger partial charge in [0, 0.05) is 25.6 Å². The lowest BCUT2D eigenvalue weighted by Gasteiger charge is -2.34. The van der Waals surface area contributed by atoms with Crippen molar-refractivity contribution < 1.29 is 13.9 Å². The number of likely N-dealkylation sites (tertiary alicyclic amines) is 1. The zero-order chi connectivity index (χ0) is 16.8. The third-order valence-electron chi connectivity index (χ3n) is 4.34. The van der Waals surface area contributed by atoms with Crippen LogP contribution >= 0.6 is 11.6 Å². The topological polar surface area (TPSA) is 41.6 Å². The Morgan fingerprint density at radius 1 is 1.48 bits per heavy atom. The molecule has 23 heavy (non-hydrogen) atoms. The second kappa shape index (κ2) is 8.50. The van der Waals surface area contributed by atoms with Crippen molar-refractivity contribution in [2.45, 2.75) is 32.7 Å². The van der Waals surface area contributed by atoms with E-state index in [4.69, 9.17) is 16.3 Å². The Morgan fingerprint density at radius 2 is 2.17 bits per heavy atom. The SMILES string of the molecule is CC(=O)N[C@@H](C)C1CCN(CCOc2ccc(Cl)c(F)c2)CC1. The molecule has 1 atom stereocenters. The van der Waals surface area contributed by atoms with Crippen LogP contribution in [-0.2, 0) is 4.79 Å². The number of carbonyl (C=O) groups excluding carboxylic acids is 1. The van der Waals surface area contributed by atoms with Gasteiger partial charge in [-0.1, -0.05) is 11.6 Å². The van der Waals surface area contributed by atoms with Gasteiger partial charge in [0.05, 0.1) is 5.02 Å². The van der Waals surface area contributed by atoms with E-state index in [0.717, 1.165) is 32.5 Å². The van der Waals surface area contributed by atoms with Gasteiger partial charge in [-0.2, -0.15) is 0 Å². The molecule has 4 nitrogen and oxygen atoms in total. The molecular weight excluding hydrogens is 319 g/mol. The second-order valence-corrected chi connectivity index (χ2v) is 6.50. The van der Waals surface area contributed by atoms with Crippen LogP contribution in [0.5, 0.6) is 5.75 Å². The Balaban J connectivity index is 1.68. The Bertz CT molecular complexity index is 533. The molecular formula is C17H24ClFN2O2. The highest BCUT2D eigenvalue weighted by Gasteiger charge is 2.24. The maximum absolute atomic E-state index is 13.3. The average molecular weight is 343 g/mol. The van der Waals surface area contributed by atoms with Crippen LogP contribution in [0.3, 0.4) is 0 Å². The molecule has 6 heteroatoms. The number of piperidine rings is 1. The zero-order valence-corrected chi connectivity index (χ0v) is 14.4. The second-order valence-electron chi connectivity index (χ2n) is 6.09. The Hall–Kier alpha value is -1.33. The van der Waals surface area contributed by atoms with E-state index in [0.29, 0.717) is 18.3 Å². The monoisotopic (exact) mass is 342 g/mol. The Morgan fingerprint density at radius 3 is 2.78 bits per heavy atom. The summed E-state index contributed by atoms with van der Waals surface area (Å²) in [6.07, 6.45) is 2.13. The minimum absolute atomic E-state index is 0.0310. The highest BCUT2D eigenvalue weighted by atomic mass is 35.5. The van der Waals surface area contributed by atoms with Gasteiger partial charge in [0.2, 0.25) is 5.91 Å². The number of hydrogen-bond donors (Lipinski definition) is 1. The fraction of sp³-hybridized carbons (Fsp3) is 0.588. The van der Waals surface area contributed by atoms with Crippen LogP contribution in [0.15, 0.2) is 18.2 Å². The first-order chi connectivity index (χ1) is 11.0. The minimum atomic E-state index is -0.461. The van der Waals surface area contributed by atoms with Crippen molar-refractivity contribution in [3.63, 3.8) is 0 Å². The summed E-state index contributed by atoms with van der Waals surface area (Å²) in [5, 5.41) is 3.08. The predicted molar refractivity (Wildman–Crippen MR) is 89.3 cm³/mol. The summed E-state index contributed by atoms with van der Waals surface area (Å²) >= 11 is 5.64. The van der Waals surface area contributed by atoms with Gasteiger partial charge in [-0.15, -0.1) is 0 Å². The van der Waals surface area contributed by atoms with Crippen LogP contribution in [0, 0.1) is 11.7 Å². The summed E-state index contributed by atoms with van der Waals surface area (Å²) in [4.78, 5) is 13.4. The highest BCUT2D eigenvalue weighted by Crippen LogP contribution is 2.22. The summed E-state index contributed by atoms with van der Waals surface area (Å²) in [5.41, 5.74) is 0. The normalized spacial score (nSPS) is 17.7. The van der Waals surface area contributed by atoms with Crippen molar-refractivity contribution in [1.82, 2.24) is 10.2 Å². The molecule has 0 spiro atoms. The molecule has 0 aromatic heterocycles. The van der Waals surface area contributed by atoms with Crippen molar-refractivity contribution in [3.05, 3.63) is 29.0 Å². The van der Waals surface area contributed by atoms with Gasteiger partial charge in [0.15, 0.2) is 0 Å². The molecule has 1 heterocycles. The lowest BCUT2D eigenvalue weighted by Crippen LogP contribution is -2.44. The maximum Gasteiger partial charge on any atom is 0.217 e. The van der Waals surface area contributed by atoms with Crippen molar-refractivity contribution >= 4 is 17.5 Å². The fourth-order valence-corrected chi connectivity index (χ4v) is 3.09. The van der Waals surface area contributed by atoms with Crippen molar-refractivity contribution in [2.75, 3.05) is 26.2 Å². The van der Waals surface area contributed by atoms with Gasteiger partial charge in [-0.25, -0.2) is 4.39 Å². The first-order valence-corrected chi connectivity index (χ1v) is 8.41. The maximum atomic E-state index is 13.3. The molecule has 2 rings (SSSR count). The van der Waals surface area contributed by atoms with E-state index in [1.54, 1.807) is 13.0 Å². The van der Waals surface area contributed by atoms with Crippen LogP contribution in [0.25, 0.3) is 0 Å². The summed E-state index contributed by atoms with van der Waals surface area (Å²) in [7, 11) is 0. The van der Waals surface area contributed by atoms with Gasteiger partial charge in [-0.3, -0.25) is 9.69 Å². The van der Waals surface area contributed by atoms with Gasteiger partial charge in [0.25, 0.3) is 0 Å². The Kier molecular flexibility index (Phi) is 6.66. The number of benzene rings is 1. The molecule has 1 aliphatic heterocycles. The van der Waals surface area contributed by atoms with Crippen LogP contribution in [-0.4, -0.2) is 43.1 Å². The van der Waals surface area contributed by atoms with Crippen LogP contribution < -0.4 is 10.1 Å². The lowest BCUT2D eigenvalue weighted by molar-refractivity contribution is -0.120. The van der Waals surface area contributed by atoms with Crippen LogP contribution in [0.4, 0.5) is 4.39 Å². The molecule has 0 bridgehead atoms. The molecule has 1 N–H and O–H groups in total. The molecule has 1 saturated heterocycles. The summed E-state index contributed by atoms with van der Waals surface area (Å²) < 4.78 is 18.9. The molecule has 1 aliphatic rings. The van der Waals surface area contributed by atoms with Crippen molar-refractivity contribution in [2.24, 2.45) is 5.92 Å². The number of nitrogens with one attached hydrogen (secondary N) is 1. The van der Waals surface area contributed by atoms with E-state index >= 15 is 0 Å². The lowest BCUT2D eigenvalue weighted by atomic mass is 9.90. The number of hydrogen-bond acceptors (Lipinski definition) is 3. The molecule has 1 aromatic carbocycles. The molecule has 0 saturated carbocycles. The van der Waals surface area contributed by atoms with Crippen LogP contribution in [0.2, 0.25) is 5.02 Å². The third-order valence-corrected chi connectivity index (χ3v) is 4.64. The van der Waals surface area contributed by atoms with Crippen molar-refractivity contribution in [3.8, 4) is 5.75 Å². The number of halogens is 2. The first kappa shape index (κ1) is 18.0. The molecule has 1 amide bonds. The van der Waals surface area contributed by atoms with E-state index in [1.807, 2.05) is 0 Å². The van der Waals surface area contributed by atoms with Crippen LogP contribution in [0.1, 0.15) is 26.7 Å². The van der Waals surface area contributed by atoms with Crippen molar-refractivity contribution in [1.29, 1.82) is 0 Å². The minimum Gasteiger partial charge on any atom is -0.492 e. The van der Waals surface area contributed by atoms with Gasteiger partial charge < -0.3 is 10.1 Å². The number of nitrogens with zero attached hydrogens (tertiary/aromatic N) is 1. The molecule has 1 aromatic rings. The smallest absolute Gasteiger partial charge is 0.217 e. The zero-order valence-electron chi connectivity index (χ0n) is 13.6. The van der Waals surface area contributed by atoms with E-state index in [-0.39, 0.29) is 17.0 Å². The fourth-order valence-electron chi connectivity index (χ4n) is 2.97. The van der Waals surface area contributed by atoms with E-state index < -0.39 is 5.82 Å². The summed E-state index contributed by atoms with van der Waals surface area (Å²) in [6, 6.07) is 4.71. The Labute approximate surface area is 141 Å². The van der Waals surface area contributed by atoms with Gasteiger partial charge >= 0.3 is 0 Å². The standard InChI is InChI=1S/C17H24ClFN2O2/c1-12(20-13(2)22)14-5-7-21(8-6-14)9-10-23-15-3-4-16(18)17(19)11-15/h3-4,11-12,14H,5-10H2,1-2H3,(H,20,22)/t12-/m0/s1. The molecule has 0 unspecified atom stereocenters. The third kappa shape index (κ3) is 5.66. The predicted octanol–water partition coefficient (Wildman–Crippen LogP) is 3.09. The number of ether oxygens (including phenoxy) is 1. The number of carbonyl (C=O) groups is 1. The number of rotatable bonds is 6. The number of amides is 1. The summed E-state index contributed by atoms with van der Waals surface area (Å²) in [6.45, 7) is 6.95. The molecule has 0 aliphatic carbocycles. The molecule has 0 radical (unpaired) electrons. The summed E-state index contributed by atoms with van der Waals surface area (Å²) in [5.74, 6) is 0.600. The van der Waals surface area contributed by atoms with E-state index in [9.17, 15) is 9.18 Å². The first-order valence-electron chi connectivity index (χ1n) is 8.03. The van der Waals surface area contributed by atoms with Gasteiger partial charge in [0.1, 0.15) is 18.2 Å². The molecule has 1 fully saturated rings. The average Bonchev–Trinajstić information content (AvgIpc) is 2.51.